The molecule has 0 aliphatic heterocycles. The van der Waals surface area contributed by atoms with E-state index in [4.69, 9.17) is 4.74 Å². The first-order valence-corrected chi connectivity index (χ1v) is 7.73. The summed E-state index contributed by atoms with van der Waals surface area (Å²) in [5, 5.41) is 10.5. The van der Waals surface area contributed by atoms with E-state index in [0.29, 0.717) is 12.4 Å². The number of benzene rings is 2. The molecule has 1 heterocycles. The van der Waals surface area contributed by atoms with E-state index in [0.717, 1.165) is 23.4 Å². The Hall–Kier alpha value is -2.59. The molecule has 0 unspecified atom stereocenters. The summed E-state index contributed by atoms with van der Waals surface area (Å²) in [4.78, 5) is 4.24. The van der Waals surface area contributed by atoms with Gasteiger partial charge in [-0.05, 0) is 30.2 Å². The zero-order valence-corrected chi connectivity index (χ0v) is 13.1. The maximum absolute atomic E-state index is 10.5. The number of imidazole rings is 1. The average molecular weight is 308 g/mol. The molecule has 2 aromatic carbocycles. The standard InChI is InChI=1S/C19H20N2O2/c1-2-21-13-12-20-19(21)18(22)16-8-10-17(11-9-16)23-14-15-6-4-3-5-7-15/h3-13,18,22H,2,14H2,1H3/t18-/m1/s1. The first-order valence-electron chi connectivity index (χ1n) is 7.73. The lowest BCUT2D eigenvalue weighted by Crippen LogP contribution is -2.08. The molecule has 3 rings (SSSR count). The van der Waals surface area contributed by atoms with Crippen molar-refractivity contribution in [2.45, 2.75) is 26.2 Å². The van der Waals surface area contributed by atoms with E-state index in [1.807, 2.05) is 72.3 Å². The van der Waals surface area contributed by atoms with Crippen molar-refractivity contribution in [2.75, 3.05) is 0 Å². The summed E-state index contributed by atoms with van der Waals surface area (Å²) in [6.45, 7) is 3.34. The quantitative estimate of drug-likeness (QED) is 0.757. The monoisotopic (exact) mass is 308 g/mol. The number of aryl methyl sites for hydroxylation is 1. The Balaban J connectivity index is 1.67. The zero-order valence-electron chi connectivity index (χ0n) is 13.1. The normalized spacial score (nSPS) is 12.1. The molecule has 3 aromatic rings. The second-order valence-electron chi connectivity index (χ2n) is 5.32. The zero-order chi connectivity index (χ0) is 16.1. The topological polar surface area (TPSA) is 47.3 Å². The summed E-state index contributed by atoms with van der Waals surface area (Å²) in [6, 6.07) is 17.5. The molecule has 118 valence electrons. The van der Waals surface area contributed by atoms with Crippen molar-refractivity contribution in [2.24, 2.45) is 0 Å². The fourth-order valence-electron chi connectivity index (χ4n) is 2.47. The van der Waals surface area contributed by atoms with Crippen LogP contribution in [0.2, 0.25) is 0 Å². The molecule has 0 saturated heterocycles. The fourth-order valence-corrected chi connectivity index (χ4v) is 2.47. The van der Waals surface area contributed by atoms with Crippen LogP contribution in [0.25, 0.3) is 0 Å². The van der Waals surface area contributed by atoms with Crippen LogP contribution in [0.1, 0.15) is 30.0 Å². The van der Waals surface area contributed by atoms with E-state index in [2.05, 4.69) is 4.98 Å². The van der Waals surface area contributed by atoms with Gasteiger partial charge in [0.2, 0.25) is 0 Å². The summed E-state index contributed by atoms with van der Waals surface area (Å²) < 4.78 is 7.69. The van der Waals surface area contributed by atoms with Gasteiger partial charge in [-0.15, -0.1) is 0 Å². The third-order valence-corrected chi connectivity index (χ3v) is 3.78. The van der Waals surface area contributed by atoms with Crippen LogP contribution in [-0.2, 0) is 13.2 Å². The minimum absolute atomic E-state index is 0.531. The molecule has 0 saturated carbocycles. The van der Waals surface area contributed by atoms with Crippen LogP contribution in [0.5, 0.6) is 5.75 Å². The molecular weight excluding hydrogens is 288 g/mol. The number of nitrogens with zero attached hydrogens (tertiary/aromatic N) is 2. The van der Waals surface area contributed by atoms with Crippen molar-refractivity contribution >= 4 is 0 Å². The largest absolute Gasteiger partial charge is 0.489 e. The lowest BCUT2D eigenvalue weighted by molar-refractivity contribution is 0.204. The van der Waals surface area contributed by atoms with Crippen LogP contribution in [-0.4, -0.2) is 14.7 Å². The first kappa shape index (κ1) is 15.3. The first-order chi connectivity index (χ1) is 11.3. The van der Waals surface area contributed by atoms with Gasteiger partial charge in [-0.2, -0.15) is 0 Å². The highest BCUT2D eigenvalue weighted by Crippen LogP contribution is 2.23. The van der Waals surface area contributed by atoms with Gasteiger partial charge in [0.25, 0.3) is 0 Å². The number of hydrogen-bond acceptors (Lipinski definition) is 3. The van der Waals surface area contributed by atoms with Crippen LogP contribution >= 0.6 is 0 Å². The summed E-state index contributed by atoms with van der Waals surface area (Å²) in [5.74, 6) is 1.44. The van der Waals surface area contributed by atoms with E-state index < -0.39 is 6.10 Å². The van der Waals surface area contributed by atoms with Gasteiger partial charge in [-0.1, -0.05) is 42.5 Å². The second-order valence-corrected chi connectivity index (χ2v) is 5.32. The van der Waals surface area contributed by atoms with Crippen LogP contribution in [0.3, 0.4) is 0 Å². The Kier molecular flexibility index (Phi) is 4.74. The summed E-state index contributed by atoms with van der Waals surface area (Å²) >= 11 is 0. The van der Waals surface area contributed by atoms with Crippen molar-refractivity contribution in [3.63, 3.8) is 0 Å². The van der Waals surface area contributed by atoms with E-state index in [1.165, 1.54) is 0 Å². The van der Waals surface area contributed by atoms with Crippen LogP contribution < -0.4 is 4.74 Å². The SMILES string of the molecule is CCn1ccnc1[C@H](O)c1ccc(OCc2ccccc2)cc1. The van der Waals surface area contributed by atoms with Gasteiger partial charge < -0.3 is 14.4 Å². The third kappa shape index (κ3) is 3.60. The molecule has 0 aliphatic carbocycles. The predicted molar refractivity (Wildman–Crippen MR) is 89.2 cm³/mol. The number of ether oxygens (including phenoxy) is 1. The Morgan fingerprint density at radius 3 is 2.52 bits per heavy atom. The molecule has 4 heteroatoms. The average Bonchev–Trinajstić information content (AvgIpc) is 3.09. The second kappa shape index (κ2) is 7.11. The van der Waals surface area contributed by atoms with Crippen LogP contribution in [0, 0.1) is 0 Å². The molecule has 0 fully saturated rings. The maximum Gasteiger partial charge on any atom is 0.142 e. The summed E-state index contributed by atoms with van der Waals surface area (Å²) in [6.07, 6.45) is 2.85. The molecule has 23 heavy (non-hydrogen) atoms. The Labute approximate surface area is 136 Å². The Morgan fingerprint density at radius 2 is 1.83 bits per heavy atom. The molecule has 0 aliphatic rings. The van der Waals surface area contributed by atoms with Crippen molar-refractivity contribution in [3.8, 4) is 5.75 Å². The number of rotatable bonds is 6. The minimum Gasteiger partial charge on any atom is -0.489 e. The smallest absolute Gasteiger partial charge is 0.142 e. The molecular formula is C19H20N2O2. The van der Waals surface area contributed by atoms with Crippen LogP contribution in [0.15, 0.2) is 67.0 Å². The minimum atomic E-state index is -0.729. The molecule has 4 nitrogen and oxygen atoms in total. The fraction of sp³-hybridized carbons (Fsp3) is 0.211. The molecule has 0 amide bonds. The van der Waals surface area contributed by atoms with Crippen molar-refractivity contribution < 1.29 is 9.84 Å². The molecule has 1 N–H and O–H groups in total. The van der Waals surface area contributed by atoms with Gasteiger partial charge in [0.05, 0.1) is 0 Å². The summed E-state index contributed by atoms with van der Waals surface area (Å²) in [5.41, 5.74) is 1.93. The van der Waals surface area contributed by atoms with E-state index >= 15 is 0 Å². The van der Waals surface area contributed by atoms with E-state index in [1.54, 1.807) is 6.20 Å². The molecule has 0 radical (unpaired) electrons. The van der Waals surface area contributed by atoms with Gasteiger partial charge in [-0.25, -0.2) is 4.98 Å². The van der Waals surface area contributed by atoms with Gasteiger partial charge in [0.15, 0.2) is 0 Å². The molecule has 0 spiro atoms. The molecule has 1 atom stereocenters. The van der Waals surface area contributed by atoms with Gasteiger partial charge in [0.1, 0.15) is 24.3 Å². The number of hydrogen-bond donors (Lipinski definition) is 1. The maximum atomic E-state index is 10.5. The highest BCUT2D eigenvalue weighted by molar-refractivity contribution is 5.31. The molecule has 1 aromatic heterocycles. The highest BCUT2D eigenvalue weighted by Gasteiger charge is 2.15. The number of aliphatic hydroxyl groups excluding tert-OH is 1. The predicted octanol–water partition coefficient (Wildman–Crippen LogP) is 3.56. The number of aliphatic hydroxyl groups is 1. The van der Waals surface area contributed by atoms with Gasteiger partial charge in [-0.3, -0.25) is 0 Å². The van der Waals surface area contributed by atoms with Gasteiger partial charge >= 0.3 is 0 Å². The third-order valence-electron chi connectivity index (χ3n) is 3.78. The lowest BCUT2D eigenvalue weighted by Gasteiger charge is -2.13. The molecule has 0 bridgehead atoms. The van der Waals surface area contributed by atoms with E-state index in [9.17, 15) is 5.11 Å². The summed E-state index contributed by atoms with van der Waals surface area (Å²) in [7, 11) is 0. The van der Waals surface area contributed by atoms with Crippen molar-refractivity contribution in [1.82, 2.24) is 9.55 Å². The van der Waals surface area contributed by atoms with Gasteiger partial charge in [0, 0.05) is 18.9 Å². The van der Waals surface area contributed by atoms with Crippen molar-refractivity contribution in [3.05, 3.63) is 83.9 Å². The Bertz CT molecular complexity index is 736. The highest BCUT2D eigenvalue weighted by atomic mass is 16.5. The van der Waals surface area contributed by atoms with Crippen molar-refractivity contribution in [1.29, 1.82) is 0 Å². The lowest BCUT2D eigenvalue weighted by atomic mass is 10.1. The number of aromatic nitrogens is 2. The van der Waals surface area contributed by atoms with Crippen LogP contribution in [0.4, 0.5) is 0 Å². The Morgan fingerprint density at radius 1 is 1.09 bits per heavy atom. The van der Waals surface area contributed by atoms with E-state index in [-0.39, 0.29) is 0 Å².